The number of nitrogens with zero attached hydrogens (tertiary/aromatic N) is 3. The Morgan fingerprint density at radius 1 is 1.38 bits per heavy atom. The first-order chi connectivity index (χ1) is 9.83. The van der Waals surface area contributed by atoms with E-state index in [-0.39, 0.29) is 29.6 Å². The lowest BCUT2D eigenvalue weighted by molar-refractivity contribution is -0.129. The van der Waals surface area contributed by atoms with Crippen LogP contribution in [0.4, 0.5) is 5.82 Å². The SMILES string of the molecule is Cc1c(S(=O)(=O)NCCC(=O)N2CCCC2)c(N)nn1C. The fraction of sp³-hybridized carbons (Fsp3) is 0.667. The number of likely N-dealkylation sites (tertiary alicyclic amines) is 1. The molecule has 1 amide bonds. The van der Waals surface area contributed by atoms with Gasteiger partial charge in [-0.2, -0.15) is 5.10 Å². The fourth-order valence-electron chi connectivity index (χ4n) is 2.44. The molecular formula is C12H21N5O3S. The Labute approximate surface area is 124 Å². The minimum atomic E-state index is -3.75. The molecule has 0 spiro atoms. The van der Waals surface area contributed by atoms with Crippen molar-refractivity contribution in [2.75, 3.05) is 25.4 Å². The van der Waals surface area contributed by atoms with Crippen LogP contribution in [0.25, 0.3) is 0 Å². The summed E-state index contributed by atoms with van der Waals surface area (Å²) in [5, 5.41) is 3.88. The second-order valence-corrected chi connectivity index (χ2v) is 6.86. The van der Waals surface area contributed by atoms with Gasteiger partial charge >= 0.3 is 0 Å². The lowest BCUT2D eigenvalue weighted by Gasteiger charge is -2.15. The number of aromatic nitrogens is 2. The maximum atomic E-state index is 12.2. The van der Waals surface area contributed by atoms with Crippen molar-refractivity contribution in [3.8, 4) is 0 Å². The first-order valence-electron chi connectivity index (χ1n) is 6.89. The molecule has 118 valence electrons. The summed E-state index contributed by atoms with van der Waals surface area (Å²) in [6, 6.07) is 0. The largest absolute Gasteiger partial charge is 0.381 e. The number of hydrogen-bond donors (Lipinski definition) is 2. The lowest BCUT2D eigenvalue weighted by Crippen LogP contribution is -2.33. The summed E-state index contributed by atoms with van der Waals surface area (Å²) in [6.07, 6.45) is 2.18. The summed E-state index contributed by atoms with van der Waals surface area (Å²) in [6.45, 7) is 3.22. The van der Waals surface area contributed by atoms with Crippen LogP contribution in [-0.4, -0.2) is 48.6 Å². The van der Waals surface area contributed by atoms with E-state index in [9.17, 15) is 13.2 Å². The summed E-state index contributed by atoms with van der Waals surface area (Å²) in [4.78, 5) is 13.6. The highest BCUT2D eigenvalue weighted by Crippen LogP contribution is 2.20. The van der Waals surface area contributed by atoms with Crippen molar-refractivity contribution in [2.45, 2.75) is 31.1 Å². The van der Waals surface area contributed by atoms with Crippen molar-refractivity contribution in [3.63, 3.8) is 0 Å². The molecule has 0 aromatic carbocycles. The van der Waals surface area contributed by atoms with Crippen molar-refractivity contribution < 1.29 is 13.2 Å². The minimum Gasteiger partial charge on any atom is -0.381 e. The molecule has 0 aliphatic carbocycles. The zero-order valence-electron chi connectivity index (χ0n) is 12.3. The van der Waals surface area contributed by atoms with Crippen molar-refractivity contribution >= 4 is 21.7 Å². The highest BCUT2D eigenvalue weighted by Gasteiger charge is 2.25. The highest BCUT2D eigenvalue weighted by molar-refractivity contribution is 7.89. The van der Waals surface area contributed by atoms with Gasteiger partial charge < -0.3 is 10.6 Å². The zero-order valence-corrected chi connectivity index (χ0v) is 13.1. The van der Waals surface area contributed by atoms with Crippen LogP contribution in [-0.2, 0) is 21.9 Å². The summed E-state index contributed by atoms with van der Waals surface area (Å²) in [5.74, 6) is -0.0561. The van der Waals surface area contributed by atoms with Crippen molar-refractivity contribution in [1.82, 2.24) is 19.4 Å². The maximum Gasteiger partial charge on any atom is 0.246 e. The molecular weight excluding hydrogens is 294 g/mol. The molecule has 3 N–H and O–H groups in total. The van der Waals surface area contributed by atoms with Gasteiger partial charge in [0.1, 0.15) is 4.90 Å². The van der Waals surface area contributed by atoms with Crippen LogP contribution in [0.2, 0.25) is 0 Å². The van der Waals surface area contributed by atoms with E-state index in [1.165, 1.54) is 4.68 Å². The third-order valence-electron chi connectivity index (χ3n) is 3.66. The molecule has 8 nitrogen and oxygen atoms in total. The molecule has 1 aromatic heterocycles. The van der Waals surface area contributed by atoms with Gasteiger partial charge in [0, 0.05) is 33.1 Å². The second kappa shape index (κ2) is 6.02. The van der Waals surface area contributed by atoms with Crippen LogP contribution in [0.5, 0.6) is 0 Å². The first kappa shape index (κ1) is 15.8. The first-order valence-corrected chi connectivity index (χ1v) is 8.38. The Balaban J connectivity index is 1.97. The van der Waals surface area contributed by atoms with E-state index in [0.29, 0.717) is 5.69 Å². The molecule has 0 atom stereocenters. The van der Waals surface area contributed by atoms with Gasteiger partial charge in [0.25, 0.3) is 0 Å². The van der Waals surface area contributed by atoms with E-state index in [2.05, 4.69) is 9.82 Å². The van der Waals surface area contributed by atoms with Crippen molar-refractivity contribution in [3.05, 3.63) is 5.69 Å². The molecule has 1 aromatic rings. The van der Waals surface area contributed by atoms with E-state index in [1.807, 2.05) is 0 Å². The summed E-state index contributed by atoms with van der Waals surface area (Å²) < 4.78 is 28.3. The number of anilines is 1. The normalized spacial score (nSPS) is 15.6. The van der Waals surface area contributed by atoms with E-state index >= 15 is 0 Å². The average molecular weight is 315 g/mol. The maximum absolute atomic E-state index is 12.2. The van der Waals surface area contributed by atoms with Crippen molar-refractivity contribution in [2.24, 2.45) is 7.05 Å². The molecule has 1 aliphatic heterocycles. The Morgan fingerprint density at radius 2 is 2.00 bits per heavy atom. The average Bonchev–Trinajstić information content (AvgIpc) is 2.98. The molecule has 1 aliphatic rings. The van der Waals surface area contributed by atoms with Crippen LogP contribution in [0.3, 0.4) is 0 Å². The molecule has 0 unspecified atom stereocenters. The number of sulfonamides is 1. The third-order valence-corrected chi connectivity index (χ3v) is 5.29. The van der Waals surface area contributed by atoms with Gasteiger partial charge in [-0.15, -0.1) is 0 Å². The second-order valence-electron chi connectivity index (χ2n) is 5.16. The number of rotatable bonds is 5. The number of hydrogen-bond acceptors (Lipinski definition) is 5. The number of nitrogens with one attached hydrogen (secondary N) is 1. The molecule has 1 fully saturated rings. The number of carbonyl (C=O) groups is 1. The summed E-state index contributed by atoms with van der Waals surface area (Å²) in [5.41, 5.74) is 6.10. The molecule has 1 saturated heterocycles. The molecule has 0 saturated carbocycles. The number of nitrogens with two attached hydrogens (primary N) is 1. The van der Waals surface area contributed by atoms with Crippen LogP contribution in [0.1, 0.15) is 25.0 Å². The molecule has 0 bridgehead atoms. The van der Waals surface area contributed by atoms with Gasteiger partial charge in [0.2, 0.25) is 15.9 Å². The van der Waals surface area contributed by atoms with Gasteiger partial charge in [-0.3, -0.25) is 9.48 Å². The van der Waals surface area contributed by atoms with E-state index < -0.39 is 10.0 Å². The lowest BCUT2D eigenvalue weighted by atomic mass is 10.4. The predicted octanol–water partition coefficient (Wildman–Crippen LogP) is -0.398. The Bertz CT molecular complexity index is 632. The summed E-state index contributed by atoms with van der Waals surface area (Å²) >= 11 is 0. The van der Waals surface area contributed by atoms with E-state index in [4.69, 9.17) is 5.73 Å². The molecule has 9 heteroatoms. The van der Waals surface area contributed by atoms with Crippen LogP contribution < -0.4 is 10.5 Å². The number of carbonyl (C=O) groups excluding carboxylic acids is 1. The molecule has 2 rings (SSSR count). The van der Waals surface area contributed by atoms with Crippen LogP contribution >= 0.6 is 0 Å². The Morgan fingerprint density at radius 3 is 2.52 bits per heavy atom. The van der Waals surface area contributed by atoms with Gasteiger partial charge in [-0.1, -0.05) is 0 Å². The smallest absolute Gasteiger partial charge is 0.246 e. The summed E-state index contributed by atoms with van der Waals surface area (Å²) in [7, 11) is -2.12. The third kappa shape index (κ3) is 3.35. The quantitative estimate of drug-likeness (QED) is 0.768. The highest BCUT2D eigenvalue weighted by atomic mass is 32.2. The standard InChI is InChI=1S/C12H21N5O3S/c1-9-11(12(13)15-16(9)2)21(19,20)14-6-5-10(18)17-7-3-4-8-17/h14H,3-8H2,1-2H3,(H2,13,15). The fourth-order valence-corrected chi connectivity index (χ4v) is 3.79. The van der Waals surface area contributed by atoms with Crippen molar-refractivity contribution in [1.29, 1.82) is 0 Å². The van der Waals surface area contributed by atoms with Gasteiger partial charge in [0.05, 0.1) is 5.69 Å². The molecule has 0 radical (unpaired) electrons. The van der Waals surface area contributed by atoms with Crippen LogP contribution in [0, 0.1) is 6.92 Å². The number of nitrogen functional groups attached to an aromatic ring is 1. The van der Waals surface area contributed by atoms with Gasteiger partial charge in [0.15, 0.2) is 5.82 Å². The monoisotopic (exact) mass is 315 g/mol. The number of aryl methyl sites for hydroxylation is 1. The van der Waals surface area contributed by atoms with Gasteiger partial charge in [-0.25, -0.2) is 13.1 Å². The Kier molecular flexibility index (Phi) is 4.52. The minimum absolute atomic E-state index is 0.0152. The predicted molar refractivity (Wildman–Crippen MR) is 78.0 cm³/mol. The number of amides is 1. The van der Waals surface area contributed by atoms with E-state index in [0.717, 1.165) is 25.9 Å². The van der Waals surface area contributed by atoms with Gasteiger partial charge in [-0.05, 0) is 19.8 Å². The van der Waals surface area contributed by atoms with E-state index in [1.54, 1.807) is 18.9 Å². The Hall–Kier alpha value is -1.61. The van der Waals surface area contributed by atoms with Crippen LogP contribution in [0.15, 0.2) is 4.90 Å². The molecule has 2 heterocycles. The zero-order chi connectivity index (χ0) is 15.6. The molecule has 21 heavy (non-hydrogen) atoms. The topological polar surface area (TPSA) is 110 Å².